The lowest BCUT2D eigenvalue weighted by Crippen LogP contribution is -2.48. The molecule has 21 heavy (non-hydrogen) atoms. The van der Waals surface area contributed by atoms with Gasteiger partial charge >= 0.3 is 5.97 Å². The Kier molecular flexibility index (Phi) is 6.70. The van der Waals surface area contributed by atoms with E-state index in [0.717, 1.165) is 0 Å². The summed E-state index contributed by atoms with van der Waals surface area (Å²) in [4.78, 5) is 22.8. The third-order valence-electron chi connectivity index (χ3n) is 4.34. The maximum absolute atomic E-state index is 11.9. The first-order chi connectivity index (χ1) is 9.96. The van der Waals surface area contributed by atoms with Gasteiger partial charge in [-0.25, -0.2) is 0 Å². The summed E-state index contributed by atoms with van der Waals surface area (Å²) in [6.45, 7) is 3.86. The highest BCUT2D eigenvalue weighted by Gasteiger charge is 2.28. The van der Waals surface area contributed by atoms with Crippen molar-refractivity contribution >= 4 is 11.9 Å². The number of aliphatic carboxylic acids is 1. The summed E-state index contributed by atoms with van der Waals surface area (Å²) in [5.74, 6) is 1.43. The van der Waals surface area contributed by atoms with Crippen molar-refractivity contribution in [3.05, 3.63) is 0 Å². The molecule has 0 heterocycles. The largest absolute Gasteiger partial charge is 0.481 e. The molecule has 0 aromatic rings. The summed E-state index contributed by atoms with van der Waals surface area (Å²) >= 11 is 0. The second-order valence-electron chi connectivity index (χ2n) is 5.60. The number of carbonyl (C=O) groups is 2. The molecular formula is C16H25NO4. The number of terminal acetylenes is 1. The Morgan fingerprint density at radius 2 is 1.86 bits per heavy atom. The second-order valence-corrected chi connectivity index (χ2v) is 5.60. The van der Waals surface area contributed by atoms with E-state index in [-0.39, 0.29) is 24.5 Å². The van der Waals surface area contributed by atoms with Gasteiger partial charge in [0.25, 0.3) is 0 Å². The lowest BCUT2D eigenvalue weighted by Gasteiger charge is -2.29. The van der Waals surface area contributed by atoms with Gasteiger partial charge in [-0.05, 0) is 38.5 Å². The van der Waals surface area contributed by atoms with E-state index >= 15 is 0 Å². The summed E-state index contributed by atoms with van der Waals surface area (Å²) < 4.78 is 5.58. The Bertz CT molecular complexity index is 401. The first-order valence-electron chi connectivity index (χ1n) is 7.59. The molecule has 0 atom stereocenters. The van der Waals surface area contributed by atoms with E-state index in [1.165, 1.54) is 0 Å². The third-order valence-corrected chi connectivity index (χ3v) is 4.34. The number of hydrogen-bond acceptors (Lipinski definition) is 3. The molecule has 1 amide bonds. The van der Waals surface area contributed by atoms with Crippen LogP contribution in [0.4, 0.5) is 0 Å². The zero-order chi connectivity index (χ0) is 15.9. The minimum Gasteiger partial charge on any atom is -0.481 e. The van der Waals surface area contributed by atoms with E-state index in [0.29, 0.717) is 38.5 Å². The Morgan fingerprint density at radius 1 is 1.29 bits per heavy atom. The number of ether oxygens (including phenoxy) is 1. The van der Waals surface area contributed by atoms with Crippen LogP contribution in [0.3, 0.4) is 0 Å². The summed E-state index contributed by atoms with van der Waals surface area (Å²) in [5, 5.41) is 11.8. The molecule has 0 saturated heterocycles. The molecule has 1 fully saturated rings. The van der Waals surface area contributed by atoms with Crippen LogP contribution in [0.2, 0.25) is 0 Å². The van der Waals surface area contributed by atoms with Crippen LogP contribution in [0, 0.1) is 18.3 Å². The van der Waals surface area contributed by atoms with Gasteiger partial charge in [-0.3, -0.25) is 9.59 Å². The van der Waals surface area contributed by atoms with Gasteiger partial charge in [-0.1, -0.05) is 19.8 Å². The number of carboxylic acid groups (broad SMARTS) is 1. The average Bonchev–Trinajstić information content (AvgIpc) is 2.51. The molecule has 1 aliphatic carbocycles. The molecule has 5 nitrogen and oxygen atoms in total. The van der Waals surface area contributed by atoms with Crippen LogP contribution >= 0.6 is 0 Å². The summed E-state index contributed by atoms with van der Waals surface area (Å²) in [7, 11) is 0. The molecule has 0 aromatic heterocycles. The van der Waals surface area contributed by atoms with Crippen LogP contribution in [0.5, 0.6) is 0 Å². The van der Waals surface area contributed by atoms with E-state index in [1.54, 1.807) is 0 Å². The predicted molar refractivity (Wildman–Crippen MR) is 79.6 cm³/mol. The molecule has 0 unspecified atom stereocenters. The van der Waals surface area contributed by atoms with E-state index in [2.05, 4.69) is 11.2 Å². The maximum atomic E-state index is 11.9. The molecule has 5 heteroatoms. The predicted octanol–water partition coefficient (Wildman–Crippen LogP) is 1.95. The van der Waals surface area contributed by atoms with Crippen molar-refractivity contribution in [2.75, 3.05) is 6.61 Å². The molecule has 1 aliphatic rings. The number of amides is 1. The Morgan fingerprint density at radius 3 is 2.29 bits per heavy atom. The molecular weight excluding hydrogens is 270 g/mol. The Hall–Kier alpha value is -1.54. The van der Waals surface area contributed by atoms with Crippen molar-refractivity contribution < 1.29 is 19.4 Å². The molecule has 1 rings (SSSR count). The van der Waals surface area contributed by atoms with Gasteiger partial charge in [-0.15, -0.1) is 6.42 Å². The van der Waals surface area contributed by atoms with Crippen molar-refractivity contribution in [1.29, 1.82) is 0 Å². The summed E-state index contributed by atoms with van der Waals surface area (Å²) in [6, 6.07) is 0. The van der Waals surface area contributed by atoms with Crippen LogP contribution in [0.15, 0.2) is 0 Å². The summed E-state index contributed by atoms with van der Waals surface area (Å²) in [5.41, 5.74) is -0.596. The van der Waals surface area contributed by atoms with Crippen LogP contribution < -0.4 is 5.32 Å². The van der Waals surface area contributed by atoms with Crippen LogP contribution in [0.1, 0.15) is 52.4 Å². The quantitative estimate of drug-likeness (QED) is 0.704. The van der Waals surface area contributed by atoms with Gasteiger partial charge in [-0.2, -0.15) is 0 Å². The van der Waals surface area contributed by atoms with Crippen molar-refractivity contribution in [3.63, 3.8) is 0 Å². The Labute approximate surface area is 126 Å². The number of carboxylic acids is 1. The zero-order valence-corrected chi connectivity index (χ0v) is 12.9. The monoisotopic (exact) mass is 295 g/mol. The topological polar surface area (TPSA) is 75.6 Å². The molecule has 1 saturated carbocycles. The fourth-order valence-electron chi connectivity index (χ4n) is 2.64. The van der Waals surface area contributed by atoms with Gasteiger partial charge in [0.05, 0.1) is 12.0 Å². The van der Waals surface area contributed by atoms with Gasteiger partial charge < -0.3 is 15.2 Å². The minimum absolute atomic E-state index is 0.0220. The van der Waals surface area contributed by atoms with Crippen molar-refractivity contribution in [3.8, 4) is 12.3 Å². The van der Waals surface area contributed by atoms with Crippen LogP contribution in [-0.4, -0.2) is 35.2 Å². The van der Waals surface area contributed by atoms with E-state index in [9.17, 15) is 9.59 Å². The highest BCUT2D eigenvalue weighted by molar-refractivity contribution is 5.78. The number of rotatable bonds is 7. The van der Waals surface area contributed by atoms with Gasteiger partial charge in [0.15, 0.2) is 0 Å². The van der Waals surface area contributed by atoms with E-state index in [4.69, 9.17) is 16.3 Å². The lowest BCUT2D eigenvalue weighted by molar-refractivity contribution is -0.144. The molecule has 2 N–H and O–H groups in total. The van der Waals surface area contributed by atoms with Crippen molar-refractivity contribution in [1.82, 2.24) is 5.32 Å². The fourth-order valence-corrected chi connectivity index (χ4v) is 2.64. The molecule has 0 spiro atoms. The van der Waals surface area contributed by atoms with Gasteiger partial charge in [0.2, 0.25) is 5.91 Å². The van der Waals surface area contributed by atoms with Crippen molar-refractivity contribution in [2.24, 2.45) is 5.92 Å². The number of carbonyl (C=O) groups excluding carboxylic acids is 1. The minimum atomic E-state index is -0.740. The highest BCUT2D eigenvalue weighted by atomic mass is 16.5. The maximum Gasteiger partial charge on any atom is 0.306 e. The second kappa shape index (κ2) is 8.04. The first kappa shape index (κ1) is 17.5. The standard InChI is InChI=1S/C16H25NO4/c1-4-16(5-2,6-3)17-14(18)11-21-13-9-7-12(8-10-13)15(19)20/h1,12-13H,5-11H2,2-3H3,(H,17,18)(H,19,20). The van der Waals surface area contributed by atoms with Crippen LogP contribution in [0.25, 0.3) is 0 Å². The van der Waals surface area contributed by atoms with E-state index in [1.807, 2.05) is 13.8 Å². The highest BCUT2D eigenvalue weighted by Crippen LogP contribution is 2.26. The van der Waals surface area contributed by atoms with Gasteiger partial charge in [0.1, 0.15) is 12.1 Å². The molecule has 0 bridgehead atoms. The molecule has 118 valence electrons. The third kappa shape index (κ3) is 5.05. The van der Waals surface area contributed by atoms with Gasteiger partial charge in [0, 0.05) is 0 Å². The van der Waals surface area contributed by atoms with E-state index < -0.39 is 11.5 Å². The summed E-state index contributed by atoms with van der Waals surface area (Å²) in [6.07, 6.45) is 9.41. The molecule has 0 aliphatic heterocycles. The normalized spacial score (nSPS) is 22.3. The van der Waals surface area contributed by atoms with Crippen LogP contribution in [-0.2, 0) is 14.3 Å². The zero-order valence-electron chi connectivity index (χ0n) is 12.9. The molecule has 0 radical (unpaired) electrons. The smallest absolute Gasteiger partial charge is 0.306 e. The molecule has 0 aromatic carbocycles. The number of hydrogen-bond donors (Lipinski definition) is 2. The fraction of sp³-hybridized carbons (Fsp3) is 0.750. The number of nitrogens with one attached hydrogen (secondary N) is 1. The van der Waals surface area contributed by atoms with Crippen molar-refractivity contribution in [2.45, 2.75) is 64.0 Å². The average molecular weight is 295 g/mol. The first-order valence-corrected chi connectivity index (χ1v) is 7.59. The SMILES string of the molecule is C#CC(CC)(CC)NC(=O)COC1CCC(C(=O)O)CC1. The lowest BCUT2D eigenvalue weighted by atomic mass is 9.87. The Balaban J connectivity index is 2.35.